The monoisotopic (exact) mass is 1770 g/mol. The van der Waals surface area contributed by atoms with E-state index < -0.39 is 27.1 Å². The van der Waals surface area contributed by atoms with Crippen LogP contribution >= 0.6 is 0 Å². The molecule has 126 heavy (non-hydrogen) atoms. The molecule has 16 heteroatoms. The van der Waals surface area contributed by atoms with Crippen molar-refractivity contribution >= 4 is 92.5 Å². The minimum atomic E-state index is -0.409. The number of rotatable bonds is 29. The van der Waals surface area contributed by atoms with Crippen LogP contribution in [0.15, 0.2) is 0 Å². The molecule has 0 amide bonds. The molecule has 732 valence electrons. The first kappa shape index (κ1) is 127. The normalized spacial score (nSPS) is 17.3. The highest BCUT2D eigenvalue weighted by Gasteiger charge is 2.44. The van der Waals surface area contributed by atoms with E-state index in [2.05, 4.69) is 41.5 Å². The summed E-state index contributed by atoms with van der Waals surface area (Å²) in [6.07, 6.45) is 21.0. The molecular formula is C110H196O16. The summed E-state index contributed by atoms with van der Waals surface area (Å²) in [4.78, 5) is 190. The molecule has 0 heterocycles. The van der Waals surface area contributed by atoms with Gasteiger partial charge in [-0.1, -0.05) is 343 Å². The Hall–Kier alpha value is -5.28. The topological polar surface area (TPSA) is 273 Å². The van der Waals surface area contributed by atoms with Crippen LogP contribution in [-0.4, -0.2) is 92.5 Å². The maximum absolute atomic E-state index is 12.4. The summed E-state index contributed by atoms with van der Waals surface area (Å²) in [6.45, 7) is 86.4. The second kappa shape index (κ2) is 52.8. The minimum Gasteiger partial charge on any atom is -0.299 e. The molecule has 0 saturated heterocycles. The summed E-state index contributed by atoms with van der Waals surface area (Å²) >= 11 is 0. The van der Waals surface area contributed by atoms with Gasteiger partial charge in [0.15, 0.2) is 0 Å². The van der Waals surface area contributed by atoms with Gasteiger partial charge in [-0.15, -0.1) is 0 Å². The van der Waals surface area contributed by atoms with Crippen molar-refractivity contribution in [2.24, 2.45) is 123 Å². The molecule has 0 bridgehead atoms. The van der Waals surface area contributed by atoms with Crippen LogP contribution in [0.25, 0.3) is 0 Å². The van der Waals surface area contributed by atoms with E-state index in [9.17, 15) is 76.7 Å². The molecule has 4 aliphatic rings. The van der Waals surface area contributed by atoms with Gasteiger partial charge >= 0.3 is 0 Å². The van der Waals surface area contributed by atoms with E-state index in [1.165, 1.54) is 12.8 Å². The van der Waals surface area contributed by atoms with Crippen LogP contribution in [0.4, 0.5) is 0 Å². The quantitative estimate of drug-likeness (QED) is 0.0629. The molecular weight excluding hydrogens is 1580 g/mol. The maximum Gasteiger partial charge on any atom is 0.146 e. The van der Waals surface area contributed by atoms with Gasteiger partial charge in [-0.25, -0.2) is 0 Å². The van der Waals surface area contributed by atoms with Gasteiger partial charge in [-0.2, -0.15) is 0 Å². The van der Waals surface area contributed by atoms with E-state index in [-0.39, 0.29) is 217 Å². The highest BCUT2D eigenvalue weighted by Crippen LogP contribution is 2.49. The number of Topliss-reactive ketones (excluding diaryl/α,β-unsaturated/α-hetero) is 16. The molecule has 1 atom stereocenters. The number of ketones is 16. The lowest BCUT2D eigenvalue weighted by Crippen LogP contribution is -2.38. The first-order chi connectivity index (χ1) is 56.0. The lowest BCUT2D eigenvalue weighted by Gasteiger charge is -2.44. The summed E-state index contributed by atoms with van der Waals surface area (Å²) in [7, 11) is 0. The Morgan fingerprint density at radius 1 is 0.286 bits per heavy atom. The molecule has 4 aliphatic carbocycles. The molecule has 0 aromatic rings. The summed E-state index contributed by atoms with van der Waals surface area (Å²) in [5, 5.41) is 0. The average molecular weight is 1770 g/mol. The molecule has 0 aromatic carbocycles. The lowest BCUT2D eigenvalue weighted by molar-refractivity contribution is -0.138. The highest BCUT2D eigenvalue weighted by molar-refractivity contribution is 6.07. The van der Waals surface area contributed by atoms with Crippen LogP contribution in [0.2, 0.25) is 0 Å². The van der Waals surface area contributed by atoms with Gasteiger partial charge in [0.25, 0.3) is 0 Å². The fraction of sp³-hybridized carbons (Fsp3) is 0.855. The van der Waals surface area contributed by atoms with Crippen LogP contribution in [0, 0.1) is 123 Å². The van der Waals surface area contributed by atoms with Crippen molar-refractivity contribution in [1.82, 2.24) is 0 Å². The van der Waals surface area contributed by atoms with Crippen molar-refractivity contribution < 1.29 is 76.7 Å². The van der Waals surface area contributed by atoms with Crippen LogP contribution in [0.1, 0.15) is 484 Å². The van der Waals surface area contributed by atoms with Crippen molar-refractivity contribution in [3.05, 3.63) is 0 Å². The van der Waals surface area contributed by atoms with E-state index in [0.717, 1.165) is 109 Å². The van der Waals surface area contributed by atoms with E-state index in [0.29, 0.717) is 29.6 Å². The Bertz CT molecular complexity index is 3490. The third-order valence-electron chi connectivity index (χ3n) is 26.1. The molecule has 16 nitrogen and oxygen atoms in total. The van der Waals surface area contributed by atoms with Gasteiger partial charge in [0.2, 0.25) is 0 Å². The van der Waals surface area contributed by atoms with Crippen LogP contribution in [0.5, 0.6) is 0 Å². The van der Waals surface area contributed by atoms with Gasteiger partial charge in [0.05, 0.1) is 51.4 Å². The lowest BCUT2D eigenvalue weighted by atomic mass is 9.60. The molecule has 1 unspecified atom stereocenters. The second-order valence-electron chi connectivity index (χ2n) is 51.6. The third kappa shape index (κ3) is 53.3. The van der Waals surface area contributed by atoms with Crippen LogP contribution < -0.4 is 0 Å². The molecule has 0 radical (unpaired) electrons. The van der Waals surface area contributed by atoms with Crippen molar-refractivity contribution in [2.75, 3.05) is 0 Å². The molecule has 0 aromatic heterocycles. The third-order valence-corrected chi connectivity index (χ3v) is 26.1. The fourth-order valence-electron chi connectivity index (χ4n) is 15.5. The zero-order chi connectivity index (χ0) is 101. The minimum absolute atomic E-state index is 0.00583. The largest absolute Gasteiger partial charge is 0.299 e. The second-order valence-corrected chi connectivity index (χ2v) is 51.6. The van der Waals surface area contributed by atoms with Crippen molar-refractivity contribution in [1.29, 1.82) is 0 Å². The van der Waals surface area contributed by atoms with Gasteiger partial charge in [-0.3, -0.25) is 76.7 Å². The molecule has 4 rings (SSSR count). The van der Waals surface area contributed by atoms with Gasteiger partial charge in [-0.05, 0) is 123 Å². The summed E-state index contributed by atoms with van der Waals surface area (Å²) < 4.78 is 0. The molecule has 0 N–H and O–H groups in total. The van der Waals surface area contributed by atoms with Gasteiger partial charge in [0, 0.05) is 90.2 Å². The SMILES string of the molecule is CC(C)(C)C(=O)CC(=O)C1(C)CCCCC1.CC(C)(C)C(=O)CC(=O)C1CCCCC1.CC(C)(C)CC(=O)CC(=O)C(C)(C)C.CC(C)C(C(=O)CC(=O)C(C)(C)C)C(C)C.CC(C)C(C)C(=O)CC(=O)C(C)(C)C.CC1(C)CC(C(=O)CC(=O)C(C)(C)C)CC(C)(C)C1.CC1(C)CCC(C(=O)CC(=O)C(C)(C)C)CC1.CCC(C)(CC)C(=O)CC(=O)C(C)(C)C. The van der Waals surface area contributed by atoms with Crippen LogP contribution in [-0.2, 0) is 76.7 Å². The van der Waals surface area contributed by atoms with E-state index in [1.807, 2.05) is 263 Å². The zero-order valence-corrected chi connectivity index (χ0v) is 89.9. The Morgan fingerprint density at radius 2 is 0.563 bits per heavy atom. The highest BCUT2D eigenvalue weighted by atomic mass is 16.2. The standard InChI is InChI=1S/C17H30O2.C15H26O2.C14H24O2.C14H26O2.C13H22O2.C13H24O2.2C12H22O2/c1-15(2,3)14(19)8-13(18)12-9-16(4,5)11-17(6,7)10-12;1-14(2,3)13(17)10-12(16)11-6-8-15(4,5)9-7-11;1-13(2,3)11(15)10-12(16)14(4)8-6-5-7-9-14;1-9(2)13(10(3)4)11(15)8-12(16)14(5,6)7;1-13(2,3)12(15)9-11(14)10-7-5-4-6-8-10;1-7-13(6,8-2)11(15)9-10(14)12(3,4)5;1-11(2,3)8-9(13)7-10(14)12(4,5)6;1-8(2)9(3)10(13)7-11(14)12(4,5)6/h12H,8-11H2,1-7H3;11H,6-10H2,1-5H3;5-10H2,1-4H3;9-10,13H,8H2,1-7H3;10H,4-9H2,1-3H3;7-9H2,1-6H3;7-8H2,1-6H3;8-9H,7H2,1-6H3. The maximum atomic E-state index is 12.4. The zero-order valence-electron chi connectivity index (χ0n) is 89.9. The number of carbonyl (C=O) groups excluding carboxylic acids is 16. The first-order valence-electron chi connectivity index (χ1n) is 48.5. The average Bonchev–Trinajstić information content (AvgIpc) is 0.796. The van der Waals surface area contributed by atoms with E-state index >= 15 is 0 Å². The fourth-order valence-corrected chi connectivity index (χ4v) is 15.5. The smallest absolute Gasteiger partial charge is 0.146 e. The molecule has 4 fully saturated rings. The summed E-state index contributed by atoms with van der Waals surface area (Å²) in [5.41, 5.74) is -2.93. The molecule has 0 spiro atoms. The molecule has 0 aliphatic heterocycles. The Morgan fingerprint density at radius 3 is 0.865 bits per heavy atom. The van der Waals surface area contributed by atoms with Crippen LogP contribution in [0.3, 0.4) is 0 Å². The predicted octanol–water partition coefficient (Wildman–Crippen LogP) is 27.6. The Kier molecular flexibility index (Phi) is 53.3. The van der Waals surface area contributed by atoms with Crippen molar-refractivity contribution in [3.8, 4) is 0 Å². The number of carbonyl (C=O) groups is 16. The summed E-state index contributed by atoms with van der Waals surface area (Å²) in [6, 6.07) is 0. The Balaban J connectivity index is -0.000000676. The van der Waals surface area contributed by atoms with Gasteiger partial charge < -0.3 is 0 Å². The molecule has 4 saturated carbocycles. The summed E-state index contributed by atoms with van der Waals surface area (Å²) in [5.74, 6) is 2.71. The van der Waals surface area contributed by atoms with Crippen molar-refractivity contribution in [2.45, 2.75) is 484 Å². The predicted molar refractivity (Wildman–Crippen MR) is 521 cm³/mol. The Labute approximate surface area is 772 Å². The number of hydrogen-bond donors (Lipinski definition) is 0. The van der Waals surface area contributed by atoms with E-state index in [4.69, 9.17) is 0 Å². The van der Waals surface area contributed by atoms with Crippen molar-refractivity contribution in [3.63, 3.8) is 0 Å². The first-order valence-corrected chi connectivity index (χ1v) is 48.5. The van der Waals surface area contributed by atoms with E-state index in [1.54, 1.807) is 0 Å². The van der Waals surface area contributed by atoms with Gasteiger partial charge in [0.1, 0.15) is 92.5 Å². The number of hydrogen-bond acceptors (Lipinski definition) is 16.